The Balaban J connectivity index is 1.55. The minimum Gasteiger partial charge on any atom is -0.507 e. The van der Waals surface area contributed by atoms with Crippen molar-refractivity contribution < 1.29 is 9.50 Å². The lowest BCUT2D eigenvalue weighted by atomic mass is 9.93. The lowest BCUT2D eigenvalue weighted by Crippen LogP contribution is -2.42. The standard InChI is InChI=1S/C19H21FN6O/c1-25(17-5-3-2-4-15(17)20)19-22-11-16(23-24-19)14-7-6-13(10-18(14)27)26-9-8-21-12-26/h6-12,15,17,27H,2-5H2,1H3/t15-,17+/m0/s1. The summed E-state index contributed by atoms with van der Waals surface area (Å²) in [6.45, 7) is 0. The van der Waals surface area contributed by atoms with Crippen molar-refractivity contribution in [3.05, 3.63) is 43.1 Å². The van der Waals surface area contributed by atoms with Crippen LogP contribution in [-0.4, -0.2) is 49.1 Å². The molecule has 0 bridgehead atoms. The highest BCUT2D eigenvalue weighted by Gasteiger charge is 2.29. The van der Waals surface area contributed by atoms with E-state index in [0.717, 1.165) is 24.9 Å². The molecule has 2 heterocycles. The molecule has 1 aliphatic rings. The van der Waals surface area contributed by atoms with E-state index >= 15 is 0 Å². The molecule has 1 N–H and O–H groups in total. The normalized spacial score (nSPS) is 19.8. The summed E-state index contributed by atoms with van der Waals surface area (Å²) in [6.07, 6.45) is 9.12. The summed E-state index contributed by atoms with van der Waals surface area (Å²) >= 11 is 0. The van der Waals surface area contributed by atoms with Gasteiger partial charge in [0.25, 0.3) is 0 Å². The van der Waals surface area contributed by atoms with Crippen LogP contribution in [0.5, 0.6) is 5.75 Å². The van der Waals surface area contributed by atoms with Gasteiger partial charge in [0.05, 0.1) is 24.3 Å². The molecule has 27 heavy (non-hydrogen) atoms. The van der Waals surface area contributed by atoms with Crippen LogP contribution in [0.2, 0.25) is 0 Å². The fourth-order valence-electron chi connectivity index (χ4n) is 3.51. The zero-order chi connectivity index (χ0) is 18.8. The minimum atomic E-state index is -0.869. The highest BCUT2D eigenvalue weighted by molar-refractivity contribution is 5.68. The predicted octanol–water partition coefficient (Wildman–Crippen LogP) is 3.15. The second-order valence-electron chi connectivity index (χ2n) is 6.79. The fourth-order valence-corrected chi connectivity index (χ4v) is 3.51. The second kappa shape index (κ2) is 7.30. The Labute approximate surface area is 156 Å². The van der Waals surface area contributed by atoms with Crippen molar-refractivity contribution in [2.75, 3.05) is 11.9 Å². The largest absolute Gasteiger partial charge is 0.507 e. The molecular weight excluding hydrogens is 347 g/mol. The maximum Gasteiger partial charge on any atom is 0.245 e. The van der Waals surface area contributed by atoms with Crippen LogP contribution in [0, 0.1) is 0 Å². The first-order valence-corrected chi connectivity index (χ1v) is 9.02. The minimum absolute atomic E-state index is 0.0782. The van der Waals surface area contributed by atoms with Gasteiger partial charge in [-0.05, 0) is 25.0 Å². The number of hydrogen-bond donors (Lipinski definition) is 1. The van der Waals surface area contributed by atoms with E-state index in [4.69, 9.17) is 0 Å². The third-order valence-electron chi connectivity index (χ3n) is 5.07. The molecule has 0 unspecified atom stereocenters. The third-order valence-corrected chi connectivity index (χ3v) is 5.07. The molecule has 0 amide bonds. The molecule has 0 saturated heterocycles. The molecule has 0 aliphatic heterocycles. The Morgan fingerprint density at radius 3 is 2.74 bits per heavy atom. The summed E-state index contributed by atoms with van der Waals surface area (Å²) < 4.78 is 16.0. The first-order chi connectivity index (χ1) is 13.1. The molecule has 7 nitrogen and oxygen atoms in total. The number of anilines is 1. The summed E-state index contributed by atoms with van der Waals surface area (Å²) in [5.74, 6) is 0.470. The fraction of sp³-hybridized carbons (Fsp3) is 0.368. The molecule has 1 fully saturated rings. The van der Waals surface area contributed by atoms with Crippen molar-refractivity contribution >= 4 is 5.95 Å². The number of hydrogen-bond acceptors (Lipinski definition) is 6. The van der Waals surface area contributed by atoms with Crippen LogP contribution in [0.3, 0.4) is 0 Å². The van der Waals surface area contributed by atoms with Gasteiger partial charge in [-0.15, -0.1) is 10.2 Å². The van der Waals surface area contributed by atoms with E-state index in [-0.39, 0.29) is 11.8 Å². The van der Waals surface area contributed by atoms with Gasteiger partial charge in [-0.2, -0.15) is 0 Å². The van der Waals surface area contributed by atoms with Crippen molar-refractivity contribution in [1.82, 2.24) is 24.7 Å². The van der Waals surface area contributed by atoms with E-state index < -0.39 is 6.17 Å². The molecule has 1 aromatic carbocycles. The lowest BCUT2D eigenvalue weighted by Gasteiger charge is -2.33. The Morgan fingerprint density at radius 2 is 2.07 bits per heavy atom. The monoisotopic (exact) mass is 368 g/mol. The first kappa shape index (κ1) is 17.4. The Bertz CT molecular complexity index is 899. The number of alkyl halides is 1. The van der Waals surface area contributed by atoms with Crippen LogP contribution in [-0.2, 0) is 0 Å². The zero-order valence-electron chi connectivity index (χ0n) is 15.0. The van der Waals surface area contributed by atoms with Gasteiger partial charge in [-0.3, -0.25) is 0 Å². The maximum absolute atomic E-state index is 14.2. The van der Waals surface area contributed by atoms with Crippen molar-refractivity contribution in [2.45, 2.75) is 37.9 Å². The van der Waals surface area contributed by atoms with Gasteiger partial charge in [-0.1, -0.05) is 12.8 Å². The average Bonchev–Trinajstić information content (AvgIpc) is 3.23. The second-order valence-corrected chi connectivity index (χ2v) is 6.79. The quantitative estimate of drug-likeness (QED) is 0.762. The molecule has 3 aromatic rings. The number of phenolic OH excluding ortho intramolecular Hbond substituents is 1. The molecule has 2 atom stereocenters. The van der Waals surface area contributed by atoms with Crippen molar-refractivity contribution in [3.63, 3.8) is 0 Å². The van der Waals surface area contributed by atoms with Gasteiger partial charge in [0.15, 0.2) is 0 Å². The number of nitrogens with zero attached hydrogens (tertiary/aromatic N) is 6. The summed E-state index contributed by atoms with van der Waals surface area (Å²) in [5.41, 5.74) is 1.79. The Kier molecular flexibility index (Phi) is 4.70. The van der Waals surface area contributed by atoms with Crippen LogP contribution < -0.4 is 4.90 Å². The number of imidazole rings is 1. The van der Waals surface area contributed by atoms with Gasteiger partial charge in [0, 0.05) is 31.1 Å². The van der Waals surface area contributed by atoms with E-state index in [9.17, 15) is 9.50 Å². The molecule has 2 aromatic heterocycles. The first-order valence-electron chi connectivity index (χ1n) is 9.02. The van der Waals surface area contributed by atoms with Crippen molar-refractivity contribution in [2.24, 2.45) is 0 Å². The van der Waals surface area contributed by atoms with Gasteiger partial charge in [0.1, 0.15) is 17.6 Å². The molecule has 8 heteroatoms. The number of aromatic nitrogens is 5. The van der Waals surface area contributed by atoms with Gasteiger partial charge in [0.2, 0.25) is 5.95 Å². The number of halogens is 1. The molecule has 1 aliphatic carbocycles. The van der Waals surface area contributed by atoms with Crippen LogP contribution >= 0.6 is 0 Å². The third kappa shape index (κ3) is 3.47. The molecule has 0 spiro atoms. The van der Waals surface area contributed by atoms with E-state index in [0.29, 0.717) is 23.6 Å². The molecule has 140 valence electrons. The van der Waals surface area contributed by atoms with Gasteiger partial charge in [-0.25, -0.2) is 14.4 Å². The molecule has 1 saturated carbocycles. The molecule has 4 rings (SSSR count). The molecule has 0 radical (unpaired) electrons. The van der Waals surface area contributed by atoms with Crippen LogP contribution in [0.1, 0.15) is 25.7 Å². The molecular formula is C19H21FN6O. The summed E-state index contributed by atoms with van der Waals surface area (Å²) in [7, 11) is 1.80. The van der Waals surface area contributed by atoms with Crippen LogP contribution in [0.15, 0.2) is 43.1 Å². The summed E-state index contributed by atoms with van der Waals surface area (Å²) in [6, 6.07) is 5.04. The van der Waals surface area contributed by atoms with Crippen LogP contribution in [0.4, 0.5) is 10.3 Å². The van der Waals surface area contributed by atoms with E-state index in [1.807, 2.05) is 6.07 Å². The number of rotatable bonds is 4. The van der Waals surface area contributed by atoms with Gasteiger partial charge < -0.3 is 14.6 Å². The Hall–Kier alpha value is -3.03. The van der Waals surface area contributed by atoms with Crippen molar-refractivity contribution in [3.8, 4) is 22.7 Å². The highest BCUT2D eigenvalue weighted by Crippen LogP contribution is 2.30. The van der Waals surface area contributed by atoms with Crippen LogP contribution in [0.25, 0.3) is 16.9 Å². The van der Waals surface area contributed by atoms with Gasteiger partial charge >= 0.3 is 0 Å². The average molecular weight is 368 g/mol. The van der Waals surface area contributed by atoms with E-state index in [1.165, 1.54) is 0 Å². The van der Waals surface area contributed by atoms with E-state index in [2.05, 4.69) is 20.2 Å². The SMILES string of the molecule is CN(c1ncc(-c2ccc(-n3ccnc3)cc2O)nn1)[C@@H]1CCCC[C@@H]1F. The van der Waals surface area contributed by atoms with E-state index in [1.54, 1.807) is 53.6 Å². The topological polar surface area (TPSA) is 80.0 Å². The number of aromatic hydroxyl groups is 1. The zero-order valence-corrected chi connectivity index (χ0v) is 15.0. The number of phenols is 1. The predicted molar refractivity (Wildman–Crippen MR) is 99.6 cm³/mol. The number of benzene rings is 1. The summed E-state index contributed by atoms with van der Waals surface area (Å²) in [5, 5.41) is 18.7. The smallest absolute Gasteiger partial charge is 0.245 e. The van der Waals surface area contributed by atoms with Crippen molar-refractivity contribution in [1.29, 1.82) is 0 Å². The Morgan fingerprint density at radius 1 is 1.22 bits per heavy atom. The maximum atomic E-state index is 14.2. The highest BCUT2D eigenvalue weighted by atomic mass is 19.1. The lowest BCUT2D eigenvalue weighted by molar-refractivity contribution is 0.212. The summed E-state index contributed by atoms with van der Waals surface area (Å²) in [4.78, 5) is 10.1.